The molecule has 1 aliphatic heterocycles. The molecule has 1 aromatic carbocycles. The topological polar surface area (TPSA) is 26.3 Å². The molecule has 2 nitrogen and oxygen atoms in total. The number of ether oxygens (including phenoxy) is 1. The maximum Gasteiger partial charge on any atom is 0.323 e. The molecule has 0 N–H and O–H groups in total. The van der Waals surface area contributed by atoms with Gasteiger partial charge >= 0.3 is 5.97 Å². The summed E-state index contributed by atoms with van der Waals surface area (Å²) in [7, 11) is 0. The van der Waals surface area contributed by atoms with E-state index in [1.807, 2.05) is 30.3 Å². The van der Waals surface area contributed by atoms with E-state index < -0.39 is 5.41 Å². The highest BCUT2D eigenvalue weighted by atomic mass is 16.5. The predicted molar refractivity (Wildman–Crippen MR) is 61.4 cm³/mol. The van der Waals surface area contributed by atoms with Crippen LogP contribution >= 0.6 is 0 Å². The summed E-state index contributed by atoms with van der Waals surface area (Å²) in [5, 5.41) is 0. The summed E-state index contributed by atoms with van der Waals surface area (Å²) in [5.41, 5.74) is 0.171. The monoisotopic (exact) mass is 212 g/mol. The first-order chi connectivity index (χ1) is 7.69. The molecule has 0 spiro atoms. The zero-order valence-electron chi connectivity index (χ0n) is 8.90. The Hall–Kier alpha value is -2.01. The zero-order valence-corrected chi connectivity index (χ0v) is 8.90. The smallest absolute Gasteiger partial charge is 0.323 e. The summed E-state index contributed by atoms with van der Waals surface area (Å²) in [6, 6.07) is 9.49. The summed E-state index contributed by atoms with van der Waals surface area (Å²) in [4.78, 5) is 11.9. The van der Waals surface area contributed by atoms with Crippen molar-refractivity contribution in [1.29, 1.82) is 0 Å². The summed E-state index contributed by atoms with van der Waals surface area (Å²) in [5.74, 6) is 2.76. The molecule has 0 amide bonds. The van der Waals surface area contributed by atoms with Gasteiger partial charge in [0.2, 0.25) is 0 Å². The summed E-state index contributed by atoms with van der Waals surface area (Å²) in [6.07, 6.45) is 6.17. The van der Waals surface area contributed by atoms with Gasteiger partial charge in [-0.25, -0.2) is 0 Å². The fourth-order valence-corrected chi connectivity index (χ4v) is 2.06. The van der Waals surface area contributed by atoms with Crippen LogP contribution in [0.5, 0.6) is 0 Å². The van der Waals surface area contributed by atoms with Gasteiger partial charge in [0.1, 0.15) is 11.2 Å². The van der Waals surface area contributed by atoms with E-state index in [2.05, 4.69) is 12.5 Å². The molecule has 1 aromatic rings. The molecule has 0 bridgehead atoms. The number of esters is 1. The standard InChI is InChI=1S/C14H12O2/c1-3-9-14(10-11(2)16-13(14)15)12-7-5-4-6-8-12/h1,4-8H,2,9-10H2. The second-order valence-electron chi connectivity index (χ2n) is 3.93. The number of carbonyl (C=O) groups is 1. The molecule has 1 unspecified atom stereocenters. The molecule has 1 heterocycles. The van der Waals surface area contributed by atoms with E-state index in [-0.39, 0.29) is 5.97 Å². The quantitative estimate of drug-likeness (QED) is 0.556. The lowest BCUT2D eigenvalue weighted by Gasteiger charge is -2.21. The van der Waals surface area contributed by atoms with E-state index in [0.29, 0.717) is 18.6 Å². The van der Waals surface area contributed by atoms with E-state index in [1.54, 1.807) is 0 Å². The van der Waals surface area contributed by atoms with Gasteiger partial charge in [0.25, 0.3) is 0 Å². The predicted octanol–water partition coefficient (Wildman–Crippen LogP) is 2.41. The third-order valence-corrected chi connectivity index (χ3v) is 2.86. The molecular weight excluding hydrogens is 200 g/mol. The van der Waals surface area contributed by atoms with E-state index >= 15 is 0 Å². The van der Waals surface area contributed by atoms with Gasteiger partial charge in [-0.05, 0) is 5.56 Å². The SMILES string of the molecule is C#CCC1(c2ccccc2)CC(=C)OC1=O. The average Bonchev–Trinajstić information content (AvgIpc) is 2.57. The van der Waals surface area contributed by atoms with Crippen LogP contribution in [0.4, 0.5) is 0 Å². The van der Waals surface area contributed by atoms with Gasteiger partial charge < -0.3 is 4.74 Å². The molecule has 1 atom stereocenters. The first-order valence-corrected chi connectivity index (χ1v) is 5.08. The molecule has 1 aliphatic rings. The number of allylic oxidation sites excluding steroid dienone is 1. The third kappa shape index (κ3) is 1.51. The molecule has 1 fully saturated rings. The Morgan fingerprint density at radius 2 is 2.12 bits per heavy atom. The minimum atomic E-state index is -0.729. The van der Waals surface area contributed by atoms with Gasteiger partial charge in [0.15, 0.2) is 0 Å². The maximum absolute atomic E-state index is 11.9. The van der Waals surface area contributed by atoms with E-state index in [0.717, 1.165) is 5.56 Å². The Morgan fingerprint density at radius 3 is 2.62 bits per heavy atom. The third-order valence-electron chi connectivity index (χ3n) is 2.86. The Bertz CT molecular complexity index is 467. The molecule has 80 valence electrons. The first-order valence-electron chi connectivity index (χ1n) is 5.08. The highest BCUT2D eigenvalue weighted by molar-refractivity contribution is 5.87. The van der Waals surface area contributed by atoms with Crippen molar-refractivity contribution in [2.75, 3.05) is 0 Å². The van der Waals surface area contributed by atoms with Crippen LogP contribution in [0, 0.1) is 12.3 Å². The Balaban J connectivity index is 2.49. The van der Waals surface area contributed by atoms with Crippen LogP contribution in [0.2, 0.25) is 0 Å². The first kappa shape index (κ1) is 10.5. The fraction of sp³-hybridized carbons (Fsp3) is 0.214. The summed E-state index contributed by atoms with van der Waals surface area (Å²) >= 11 is 0. The minimum absolute atomic E-state index is 0.290. The lowest BCUT2D eigenvalue weighted by Crippen LogP contribution is -2.30. The van der Waals surface area contributed by atoms with Crippen molar-refractivity contribution in [2.24, 2.45) is 0 Å². The fourth-order valence-electron chi connectivity index (χ4n) is 2.06. The van der Waals surface area contributed by atoms with Crippen LogP contribution in [0.25, 0.3) is 0 Å². The zero-order chi connectivity index (χ0) is 11.6. The number of carbonyl (C=O) groups excluding carboxylic acids is 1. The maximum atomic E-state index is 11.9. The number of hydrogen-bond donors (Lipinski definition) is 0. The van der Waals surface area contributed by atoms with Crippen molar-refractivity contribution < 1.29 is 9.53 Å². The van der Waals surface area contributed by atoms with Crippen LogP contribution in [0.3, 0.4) is 0 Å². The van der Waals surface area contributed by atoms with E-state index in [1.165, 1.54) is 0 Å². The molecule has 1 saturated heterocycles. The Kier molecular flexibility index (Phi) is 2.54. The molecule has 0 aliphatic carbocycles. The number of rotatable bonds is 2. The molecule has 0 aromatic heterocycles. The van der Waals surface area contributed by atoms with Gasteiger partial charge in [-0.3, -0.25) is 4.79 Å². The van der Waals surface area contributed by atoms with Crippen molar-refractivity contribution in [2.45, 2.75) is 18.3 Å². The lowest BCUT2D eigenvalue weighted by atomic mass is 9.76. The van der Waals surface area contributed by atoms with E-state index in [4.69, 9.17) is 11.2 Å². The number of benzene rings is 1. The molecular formula is C14H12O2. The van der Waals surface area contributed by atoms with Gasteiger partial charge in [0, 0.05) is 12.8 Å². The van der Waals surface area contributed by atoms with Crippen LogP contribution in [-0.4, -0.2) is 5.97 Å². The molecule has 2 heteroatoms. The van der Waals surface area contributed by atoms with Gasteiger partial charge in [-0.1, -0.05) is 36.9 Å². The van der Waals surface area contributed by atoms with Crippen molar-refractivity contribution in [3.05, 3.63) is 48.2 Å². The average molecular weight is 212 g/mol. The second-order valence-corrected chi connectivity index (χ2v) is 3.93. The molecule has 16 heavy (non-hydrogen) atoms. The molecule has 0 saturated carbocycles. The molecule has 0 radical (unpaired) electrons. The van der Waals surface area contributed by atoms with Crippen molar-refractivity contribution >= 4 is 5.97 Å². The highest BCUT2D eigenvalue weighted by Gasteiger charge is 2.47. The van der Waals surface area contributed by atoms with Crippen LogP contribution in [-0.2, 0) is 14.9 Å². The highest BCUT2D eigenvalue weighted by Crippen LogP contribution is 2.41. The molecule has 2 rings (SSSR count). The summed E-state index contributed by atoms with van der Waals surface area (Å²) < 4.78 is 5.06. The normalized spacial score (nSPS) is 23.9. The van der Waals surface area contributed by atoms with E-state index in [9.17, 15) is 4.79 Å². The number of terminal acetylenes is 1. The Morgan fingerprint density at radius 1 is 1.44 bits per heavy atom. The van der Waals surface area contributed by atoms with Gasteiger partial charge in [0.05, 0.1) is 0 Å². The van der Waals surface area contributed by atoms with Crippen LogP contribution in [0.1, 0.15) is 18.4 Å². The minimum Gasteiger partial charge on any atom is -0.431 e. The van der Waals surface area contributed by atoms with Gasteiger partial charge in [-0.2, -0.15) is 0 Å². The lowest BCUT2D eigenvalue weighted by molar-refractivity contribution is -0.140. The van der Waals surface area contributed by atoms with Crippen molar-refractivity contribution in [1.82, 2.24) is 0 Å². The van der Waals surface area contributed by atoms with Crippen LogP contribution in [0.15, 0.2) is 42.7 Å². The number of cyclic esters (lactones) is 1. The largest absolute Gasteiger partial charge is 0.431 e. The van der Waals surface area contributed by atoms with Gasteiger partial charge in [-0.15, -0.1) is 12.3 Å². The Labute approximate surface area is 94.9 Å². The van der Waals surface area contributed by atoms with Crippen molar-refractivity contribution in [3.63, 3.8) is 0 Å². The number of hydrogen-bond acceptors (Lipinski definition) is 2. The van der Waals surface area contributed by atoms with Crippen molar-refractivity contribution in [3.8, 4) is 12.3 Å². The summed E-state index contributed by atoms with van der Waals surface area (Å²) in [6.45, 7) is 3.70. The van der Waals surface area contributed by atoms with Crippen LogP contribution < -0.4 is 0 Å². The second kappa shape index (κ2) is 3.86.